The van der Waals surface area contributed by atoms with E-state index in [2.05, 4.69) is 30.4 Å². The molecule has 0 aliphatic rings. The summed E-state index contributed by atoms with van der Waals surface area (Å²) in [7, 11) is 0. The highest BCUT2D eigenvalue weighted by Crippen LogP contribution is 2.37. The Bertz CT molecular complexity index is 116. The molecule has 3 nitrogen and oxygen atoms in total. The molecule has 0 bridgehead atoms. The van der Waals surface area contributed by atoms with Crippen molar-refractivity contribution in [2.75, 3.05) is 5.75 Å². The Labute approximate surface area is 111 Å². The molecule has 0 radical (unpaired) electrons. The van der Waals surface area contributed by atoms with Crippen LogP contribution >= 0.6 is 69.3 Å². The Morgan fingerprint density at radius 2 is 1.71 bits per heavy atom. The van der Waals surface area contributed by atoms with Crippen LogP contribution in [0.5, 0.6) is 0 Å². The van der Waals surface area contributed by atoms with Crippen molar-refractivity contribution in [3.05, 3.63) is 0 Å². The van der Waals surface area contributed by atoms with Gasteiger partial charge in [0.1, 0.15) is 44.3 Å². The van der Waals surface area contributed by atoms with E-state index >= 15 is 0 Å². The molecule has 0 aromatic rings. The lowest BCUT2D eigenvalue weighted by Crippen LogP contribution is -1.88. The van der Waals surface area contributed by atoms with E-state index in [-0.39, 0.29) is 0 Å². The highest BCUT2D eigenvalue weighted by Gasteiger charge is 1.97. The van der Waals surface area contributed by atoms with Crippen LogP contribution in [0, 0.1) is 5.92 Å². The van der Waals surface area contributed by atoms with Gasteiger partial charge in [-0.25, -0.2) is 10.9 Å². The van der Waals surface area contributed by atoms with Gasteiger partial charge in [0, 0.05) is 17.8 Å². The lowest BCUT2D eigenvalue weighted by atomic mass is 10.2. The van der Waals surface area contributed by atoms with Crippen molar-refractivity contribution in [1.29, 1.82) is 0 Å². The van der Waals surface area contributed by atoms with Crippen molar-refractivity contribution in [2.45, 2.75) is 20.3 Å². The molecule has 0 saturated heterocycles. The predicted molar refractivity (Wildman–Crippen MR) is 74.5 cm³/mol. The summed E-state index contributed by atoms with van der Waals surface area (Å²) in [5.41, 5.74) is 0. The van der Waals surface area contributed by atoms with Crippen molar-refractivity contribution in [3.8, 4) is 0 Å². The van der Waals surface area contributed by atoms with Crippen LogP contribution in [0.4, 0.5) is 0 Å². The van der Waals surface area contributed by atoms with E-state index in [0.29, 0.717) is 0 Å². The van der Waals surface area contributed by atoms with Crippen molar-refractivity contribution in [2.24, 2.45) is 5.92 Å². The summed E-state index contributed by atoms with van der Waals surface area (Å²) in [6.45, 7) is 4.38. The van der Waals surface area contributed by atoms with E-state index in [1.165, 1.54) is 23.1 Å². The van der Waals surface area contributed by atoms with Gasteiger partial charge in [0.25, 0.3) is 0 Å². The van der Waals surface area contributed by atoms with E-state index in [9.17, 15) is 0 Å². The number of rotatable bonds is 10. The standard InChI is InChI=1S/C5H12O3S6/c1-5(2)3-4-10-7-12-14-8-13-11-6-9/h5,9H,3-4H2,1-2H3. The molecule has 0 N–H and O–H groups in total. The topological polar surface area (TPSA) is 27.7 Å². The number of thiol groups is 1. The van der Waals surface area contributed by atoms with E-state index < -0.39 is 0 Å². The summed E-state index contributed by atoms with van der Waals surface area (Å²) in [5.74, 6) is 1.73. The summed E-state index contributed by atoms with van der Waals surface area (Å²) < 4.78 is 14.5. The number of hydrogen-bond donors (Lipinski definition) is 1. The maximum Gasteiger partial charge on any atom is 0.110 e. The van der Waals surface area contributed by atoms with Crippen molar-refractivity contribution in [1.82, 2.24) is 0 Å². The summed E-state index contributed by atoms with van der Waals surface area (Å²) in [6.07, 6.45) is 1.16. The normalized spacial score (nSPS) is 11.1. The molecule has 0 aromatic heterocycles. The van der Waals surface area contributed by atoms with Crippen LogP contribution in [-0.4, -0.2) is 5.75 Å². The Morgan fingerprint density at radius 3 is 2.36 bits per heavy atom. The Kier molecular flexibility index (Phi) is 14.9. The smallest absolute Gasteiger partial charge is 0.110 e. The Hall–Kier alpha value is 1.98. The molecule has 0 atom stereocenters. The molecule has 0 rings (SSSR count). The molecule has 0 aliphatic heterocycles. The van der Waals surface area contributed by atoms with E-state index in [1.807, 2.05) is 0 Å². The fraction of sp³-hybridized carbons (Fsp3) is 1.00. The molecular weight excluding hydrogens is 300 g/mol. The lowest BCUT2D eigenvalue weighted by Gasteiger charge is -2.02. The molecule has 0 heterocycles. The van der Waals surface area contributed by atoms with Gasteiger partial charge >= 0.3 is 0 Å². The maximum absolute atomic E-state index is 5.15. The fourth-order valence-corrected chi connectivity index (χ4v) is 3.86. The largest absolute Gasteiger partial charge is 0.237 e. The van der Waals surface area contributed by atoms with Gasteiger partial charge < -0.3 is 0 Å². The molecule has 14 heavy (non-hydrogen) atoms. The third kappa shape index (κ3) is 14.0. The first-order chi connectivity index (χ1) is 6.77. The first-order valence-corrected chi connectivity index (χ1v) is 8.98. The minimum absolute atomic E-state index is 0.722. The van der Waals surface area contributed by atoms with Gasteiger partial charge in [-0.1, -0.05) is 13.8 Å². The van der Waals surface area contributed by atoms with Crippen LogP contribution in [0.3, 0.4) is 0 Å². The van der Waals surface area contributed by atoms with Gasteiger partial charge in [-0.2, -0.15) is 0 Å². The predicted octanol–water partition coefficient (Wildman–Crippen LogP) is 5.00. The molecule has 0 amide bonds. The van der Waals surface area contributed by atoms with E-state index in [4.69, 9.17) is 7.26 Å². The average Bonchev–Trinajstić information content (AvgIpc) is 2.15. The van der Waals surface area contributed by atoms with Crippen molar-refractivity contribution < 1.29 is 10.9 Å². The molecular formula is C5H12O3S6. The van der Waals surface area contributed by atoms with E-state index in [0.717, 1.165) is 51.3 Å². The monoisotopic (exact) mass is 312 g/mol. The molecule has 0 saturated carbocycles. The summed E-state index contributed by atoms with van der Waals surface area (Å²) in [5, 5.41) is 0. The summed E-state index contributed by atoms with van der Waals surface area (Å²) in [4.78, 5) is 0. The first kappa shape index (κ1) is 16.0. The SMILES string of the molecule is CC(C)CCSOSSOSSOS. The molecule has 9 heteroatoms. The second-order valence-corrected chi connectivity index (χ2v) is 6.99. The maximum atomic E-state index is 5.15. The average molecular weight is 313 g/mol. The molecule has 0 aliphatic carbocycles. The number of hydrogen-bond acceptors (Lipinski definition) is 9. The Balaban J connectivity index is 2.85. The third-order valence-electron chi connectivity index (χ3n) is 0.996. The minimum atomic E-state index is 0.722. The summed E-state index contributed by atoms with van der Waals surface area (Å²) >= 11 is 9.45. The van der Waals surface area contributed by atoms with Gasteiger partial charge in [0.2, 0.25) is 0 Å². The highest BCUT2D eigenvalue weighted by molar-refractivity contribution is 8.80. The van der Waals surface area contributed by atoms with Crippen LogP contribution < -0.4 is 0 Å². The quantitative estimate of drug-likeness (QED) is 0.261. The van der Waals surface area contributed by atoms with Crippen LogP contribution in [0.15, 0.2) is 0 Å². The zero-order valence-corrected chi connectivity index (χ0v) is 12.7. The van der Waals surface area contributed by atoms with Gasteiger partial charge in [0.05, 0.1) is 0 Å². The van der Waals surface area contributed by atoms with Crippen LogP contribution in [0.2, 0.25) is 0 Å². The van der Waals surface area contributed by atoms with Crippen LogP contribution in [0.25, 0.3) is 0 Å². The van der Waals surface area contributed by atoms with Crippen molar-refractivity contribution >= 4 is 69.3 Å². The van der Waals surface area contributed by atoms with Crippen LogP contribution in [-0.2, 0) is 10.9 Å². The molecule has 0 spiro atoms. The Morgan fingerprint density at radius 1 is 1.07 bits per heavy atom. The zero-order chi connectivity index (χ0) is 10.6. The van der Waals surface area contributed by atoms with Crippen LogP contribution in [0.1, 0.15) is 20.3 Å². The van der Waals surface area contributed by atoms with Gasteiger partial charge in [-0.3, -0.25) is 0 Å². The minimum Gasteiger partial charge on any atom is -0.237 e. The summed E-state index contributed by atoms with van der Waals surface area (Å²) in [6, 6.07) is 0. The molecule has 0 aromatic carbocycles. The van der Waals surface area contributed by atoms with Gasteiger partial charge in [0.15, 0.2) is 0 Å². The van der Waals surface area contributed by atoms with E-state index in [1.54, 1.807) is 0 Å². The molecule has 0 unspecified atom stereocenters. The van der Waals surface area contributed by atoms with Gasteiger partial charge in [-0.15, -0.1) is 0 Å². The lowest BCUT2D eigenvalue weighted by molar-refractivity contribution is 0.625. The second-order valence-electron chi connectivity index (χ2n) is 2.49. The highest BCUT2D eigenvalue weighted by atomic mass is 33.2. The first-order valence-electron chi connectivity index (χ1n) is 3.70. The third-order valence-corrected chi connectivity index (χ3v) is 5.19. The second kappa shape index (κ2) is 13.0. The van der Waals surface area contributed by atoms with Crippen molar-refractivity contribution in [3.63, 3.8) is 0 Å². The van der Waals surface area contributed by atoms with Gasteiger partial charge in [-0.05, 0) is 25.2 Å². The fourth-order valence-electron chi connectivity index (χ4n) is 0.395. The molecule has 0 fully saturated rings. The zero-order valence-electron chi connectivity index (χ0n) is 7.70. The molecule has 86 valence electrons.